The molecule has 1 unspecified atom stereocenters. The van der Waals surface area contributed by atoms with Crippen LogP contribution in [0.2, 0.25) is 0 Å². The molecule has 0 amide bonds. The van der Waals surface area contributed by atoms with Gasteiger partial charge < -0.3 is 10.5 Å². The highest BCUT2D eigenvalue weighted by Gasteiger charge is 2.16. The quantitative estimate of drug-likeness (QED) is 0.869. The fraction of sp³-hybridized carbons (Fsp3) is 0.571. The van der Waals surface area contributed by atoms with Crippen LogP contribution in [-0.4, -0.2) is 31.2 Å². The van der Waals surface area contributed by atoms with E-state index in [9.17, 15) is 0 Å². The lowest BCUT2D eigenvalue weighted by Gasteiger charge is -2.27. The first kappa shape index (κ1) is 13.8. The SMILES string of the molecule is CN(Cc1ccc(Br)cc1N)CC1CCCCO1. The lowest BCUT2D eigenvalue weighted by Crippen LogP contribution is -2.33. The number of hydrogen-bond donors (Lipinski definition) is 1. The van der Waals surface area contributed by atoms with Gasteiger partial charge in [0.05, 0.1) is 6.10 Å². The van der Waals surface area contributed by atoms with Crippen molar-refractivity contribution in [1.82, 2.24) is 4.90 Å². The molecule has 1 aliphatic rings. The maximum Gasteiger partial charge on any atom is 0.0702 e. The Labute approximate surface area is 117 Å². The van der Waals surface area contributed by atoms with E-state index in [-0.39, 0.29) is 0 Å². The van der Waals surface area contributed by atoms with Crippen molar-refractivity contribution in [2.45, 2.75) is 31.9 Å². The van der Waals surface area contributed by atoms with Crippen molar-refractivity contribution in [3.8, 4) is 0 Å². The first-order valence-corrected chi connectivity index (χ1v) is 7.28. The molecule has 0 radical (unpaired) electrons. The number of ether oxygens (including phenoxy) is 1. The molecule has 0 aliphatic carbocycles. The molecule has 18 heavy (non-hydrogen) atoms. The molecular weight excluding hydrogens is 292 g/mol. The number of hydrogen-bond acceptors (Lipinski definition) is 3. The summed E-state index contributed by atoms with van der Waals surface area (Å²) in [6.07, 6.45) is 4.07. The summed E-state index contributed by atoms with van der Waals surface area (Å²) in [5, 5.41) is 0. The van der Waals surface area contributed by atoms with Crippen LogP contribution in [0.4, 0.5) is 5.69 Å². The van der Waals surface area contributed by atoms with E-state index in [4.69, 9.17) is 10.5 Å². The van der Waals surface area contributed by atoms with Crippen LogP contribution in [0, 0.1) is 0 Å². The number of nitrogens with two attached hydrogens (primary N) is 1. The second-order valence-electron chi connectivity index (χ2n) is 5.03. The number of anilines is 1. The molecule has 2 N–H and O–H groups in total. The van der Waals surface area contributed by atoms with Crippen LogP contribution in [-0.2, 0) is 11.3 Å². The second-order valence-corrected chi connectivity index (χ2v) is 5.94. The van der Waals surface area contributed by atoms with Gasteiger partial charge in [-0.15, -0.1) is 0 Å². The summed E-state index contributed by atoms with van der Waals surface area (Å²) in [6.45, 7) is 2.77. The maximum atomic E-state index is 6.01. The fourth-order valence-corrected chi connectivity index (χ4v) is 2.74. The molecule has 100 valence electrons. The van der Waals surface area contributed by atoms with Crippen molar-refractivity contribution in [2.75, 3.05) is 25.9 Å². The number of benzene rings is 1. The zero-order chi connectivity index (χ0) is 13.0. The summed E-state index contributed by atoms with van der Waals surface area (Å²) < 4.78 is 6.78. The topological polar surface area (TPSA) is 38.5 Å². The first-order chi connectivity index (χ1) is 8.65. The smallest absolute Gasteiger partial charge is 0.0702 e. The molecule has 1 aromatic rings. The largest absolute Gasteiger partial charge is 0.398 e. The normalized spacial score (nSPS) is 20.3. The van der Waals surface area contributed by atoms with Crippen LogP contribution in [0.5, 0.6) is 0 Å². The Kier molecular flexibility index (Phi) is 5.03. The monoisotopic (exact) mass is 312 g/mol. The molecule has 2 rings (SSSR count). The van der Waals surface area contributed by atoms with Gasteiger partial charge in [0.1, 0.15) is 0 Å². The molecule has 1 aliphatic heterocycles. The third kappa shape index (κ3) is 3.97. The number of rotatable bonds is 4. The van der Waals surface area contributed by atoms with Gasteiger partial charge in [-0.1, -0.05) is 22.0 Å². The Balaban J connectivity index is 1.87. The highest BCUT2D eigenvalue weighted by Crippen LogP contribution is 2.20. The Bertz CT molecular complexity index is 391. The molecule has 0 spiro atoms. The third-order valence-electron chi connectivity index (χ3n) is 3.34. The standard InChI is InChI=1S/C14H21BrN2O/c1-17(10-13-4-2-3-7-18-13)9-11-5-6-12(15)8-14(11)16/h5-6,8,13H,2-4,7,9-10,16H2,1H3. The zero-order valence-electron chi connectivity index (χ0n) is 10.9. The molecule has 0 saturated carbocycles. The minimum atomic E-state index is 0.389. The van der Waals surface area contributed by atoms with E-state index >= 15 is 0 Å². The van der Waals surface area contributed by atoms with E-state index in [1.807, 2.05) is 12.1 Å². The molecule has 1 saturated heterocycles. The minimum Gasteiger partial charge on any atom is -0.398 e. The molecule has 1 atom stereocenters. The van der Waals surface area contributed by atoms with E-state index < -0.39 is 0 Å². The van der Waals surface area contributed by atoms with Crippen molar-refractivity contribution in [1.29, 1.82) is 0 Å². The van der Waals surface area contributed by atoms with E-state index in [0.29, 0.717) is 6.10 Å². The van der Waals surface area contributed by atoms with Crippen LogP contribution in [0.25, 0.3) is 0 Å². The van der Waals surface area contributed by atoms with E-state index in [1.165, 1.54) is 24.8 Å². The predicted molar refractivity (Wildman–Crippen MR) is 78.5 cm³/mol. The summed E-state index contributed by atoms with van der Waals surface area (Å²) in [7, 11) is 2.12. The summed E-state index contributed by atoms with van der Waals surface area (Å²) in [5.74, 6) is 0. The Morgan fingerprint density at radius 3 is 2.94 bits per heavy atom. The highest BCUT2D eigenvalue weighted by atomic mass is 79.9. The van der Waals surface area contributed by atoms with Gasteiger partial charge >= 0.3 is 0 Å². The van der Waals surface area contributed by atoms with Gasteiger partial charge in [-0.25, -0.2) is 0 Å². The first-order valence-electron chi connectivity index (χ1n) is 6.49. The number of halogens is 1. The molecular formula is C14H21BrN2O. The van der Waals surface area contributed by atoms with E-state index in [0.717, 1.165) is 29.9 Å². The second kappa shape index (κ2) is 6.55. The zero-order valence-corrected chi connectivity index (χ0v) is 12.4. The molecule has 1 aromatic carbocycles. The maximum absolute atomic E-state index is 6.01. The predicted octanol–water partition coefficient (Wildman–Crippen LogP) is 3.03. The average Bonchev–Trinajstić information content (AvgIpc) is 2.34. The van der Waals surface area contributed by atoms with E-state index in [1.54, 1.807) is 0 Å². The minimum absolute atomic E-state index is 0.389. The molecule has 0 aromatic heterocycles. The van der Waals surface area contributed by atoms with Crippen molar-refractivity contribution in [3.63, 3.8) is 0 Å². The van der Waals surface area contributed by atoms with Crippen LogP contribution in [0.15, 0.2) is 22.7 Å². The van der Waals surface area contributed by atoms with Crippen molar-refractivity contribution in [3.05, 3.63) is 28.2 Å². The average molecular weight is 313 g/mol. The summed E-state index contributed by atoms with van der Waals surface area (Å²) in [6, 6.07) is 6.08. The van der Waals surface area contributed by atoms with Gasteiger partial charge in [-0.05, 0) is 44.0 Å². The van der Waals surface area contributed by atoms with Gasteiger partial charge in [0, 0.05) is 29.9 Å². The fourth-order valence-electron chi connectivity index (χ4n) is 2.36. The number of nitrogen functional groups attached to an aromatic ring is 1. The molecule has 0 bridgehead atoms. The van der Waals surface area contributed by atoms with Crippen molar-refractivity contribution < 1.29 is 4.74 Å². The van der Waals surface area contributed by atoms with Crippen molar-refractivity contribution in [2.24, 2.45) is 0 Å². The summed E-state index contributed by atoms with van der Waals surface area (Å²) >= 11 is 3.43. The van der Waals surface area contributed by atoms with Crippen LogP contribution < -0.4 is 5.73 Å². The summed E-state index contributed by atoms with van der Waals surface area (Å²) in [4.78, 5) is 2.29. The lowest BCUT2D eigenvalue weighted by molar-refractivity contribution is -0.00256. The van der Waals surface area contributed by atoms with Gasteiger partial charge in [0.15, 0.2) is 0 Å². The lowest BCUT2D eigenvalue weighted by atomic mass is 10.1. The highest BCUT2D eigenvalue weighted by molar-refractivity contribution is 9.10. The number of nitrogens with zero attached hydrogens (tertiary/aromatic N) is 1. The van der Waals surface area contributed by atoms with Gasteiger partial charge in [-0.2, -0.15) is 0 Å². The molecule has 3 nitrogen and oxygen atoms in total. The van der Waals surface area contributed by atoms with E-state index in [2.05, 4.69) is 33.9 Å². The Morgan fingerprint density at radius 1 is 1.44 bits per heavy atom. The Hall–Kier alpha value is -0.580. The van der Waals surface area contributed by atoms with Gasteiger partial charge in [0.25, 0.3) is 0 Å². The van der Waals surface area contributed by atoms with Gasteiger partial charge in [0.2, 0.25) is 0 Å². The van der Waals surface area contributed by atoms with Crippen molar-refractivity contribution >= 4 is 21.6 Å². The molecule has 1 fully saturated rings. The molecule has 1 heterocycles. The summed E-state index contributed by atoms with van der Waals surface area (Å²) in [5.41, 5.74) is 8.04. The Morgan fingerprint density at radius 2 is 2.28 bits per heavy atom. The van der Waals surface area contributed by atoms with Gasteiger partial charge in [-0.3, -0.25) is 4.90 Å². The van der Waals surface area contributed by atoms with Crippen LogP contribution in [0.3, 0.4) is 0 Å². The number of likely N-dealkylation sites (N-methyl/N-ethyl adjacent to an activating group) is 1. The van der Waals surface area contributed by atoms with Crippen LogP contribution >= 0.6 is 15.9 Å². The third-order valence-corrected chi connectivity index (χ3v) is 3.83. The van der Waals surface area contributed by atoms with Crippen LogP contribution in [0.1, 0.15) is 24.8 Å². The molecule has 4 heteroatoms.